The number of carboxylic acids is 1. The highest BCUT2D eigenvalue weighted by atomic mass is 16.7. The third kappa shape index (κ3) is 2.78. The van der Waals surface area contributed by atoms with E-state index in [1.807, 2.05) is 42.5 Å². The zero-order valence-electron chi connectivity index (χ0n) is 13.8. The second kappa shape index (κ2) is 6.29. The number of carbonyl (C=O) groups is 1. The van der Waals surface area contributed by atoms with Crippen molar-refractivity contribution < 1.29 is 24.1 Å². The molecular formula is C19H19NO5. The third-order valence-corrected chi connectivity index (χ3v) is 4.94. The summed E-state index contributed by atoms with van der Waals surface area (Å²) < 4.78 is 15.9. The topological polar surface area (TPSA) is 77.0 Å². The van der Waals surface area contributed by atoms with E-state index in [4.69, 9.17) is 14.2 Å². The van der Waals surface area contributed by atoms with Crippen molar-refractivity contribution >= 4 is 5.97 Å². The van der Waals surface area contributed by atoms with Crippen molar-refractivity contribution in [2.24, 2.45) is 5.92 Å². The van der Waals surface area contributed by atoms with E-state index >= 15 is 0 Å². The molecule has 25 heavy (non-hydrogen) atoms. The van der Waals surface area contributed by atoms with Crippen LogP contribution in [0.4, 0.5) is 0 Å². The van der Waals surface area contributed by atoms with Gasteiger partial charge in [0, 0.05) is 18.5 Å². The van der Waals surface area contributed by atoms with Gasteiger partial charge in [0.25, 0.3) is 0 Å². The molecule has 3 atom stereocenters. The number of fused-ring (bicyclic) bond motifs is 1. The normalized spacial score (nSPS) is 24.3. The number of hydrogen-bond donors (Lipinski definition) is 2. The molecule has 2 aliphatic rings. The summed E-state index contributed by atoms with van der Waals surface area (Å²) in [4.78, 5) is 12.0. The summed E-state index contributed by atoms with van der Waals surface area (Å²) in [5.41, 5.74) is 1.89. The zero-order valence-corrected chi connectivity index (χ0v) is 13.8. The first-order valence-corrected chi connectivity index (χ1v) is 8.17. The summed E-state index contributed by atoms with van der Waals surface area (Å²) in [6.07, 6.45) is 0. The van der Waals surface area contributed by atoms with Crippen molar-refractivity contribution in [3.05, 3.63) is 53.6 Å². The molecule has 0 radical (unpaired) electrons. The molecule has 0 amide bonds. The maximum atomic E-state index is 12.0. The molecule has 4 rings (SSSR count). The first-order chi connectivity index (χ1) is 12.2. The number of rotatable bonds is 4. The molecule has 0 saturated carbocycles. The number of carboxylic acid groups (broad SMARTS) is 1. The van der Waals surface area contributed by atoms with Gasteiger partial charge in [-0.2, -0.15) is 0 Å². The van der Waals surface area contributed by atoms with Crippen molar-refractivity contribution in [3.8, 4) is 17.2 Å². The Morgan fingerprint density at radius 2 is 1.84 bits per heavy atom. The fraction of sp³-hybridized carbons (Fsp3) is 0.316. The minimum Gasteiger partial charge on any atom is -0.497 e. The summed E-state index contributed by atoms with van der Waals surface area (Å²) >= 11 is 0. The summed E-state index contributed by atoms with van der Waals surface area (Å²) in [5.74, 6) is 0.616. The van der Waals surface area contributed by atoms with Crippen LogP contribution in [0.3, 0.4) is 0 Å². The van der Waals surface area contributed by atoms with Gasteiger partial charge in [0.2, 0.25) is 6.79 Å². The minimum atomic E-state index is -0.812. The number of benzene rings is 2. The van der Waals surface area contributed by atoms with Crippen LogP contribution < -0.4 is 19.5 Å². The van der Waals surface area contributed by atoms with Gasteiger partial charge in [-0.3, -0.25) is 4.79 Å². The number of aliphatic carboxylic acids is 1. The van der Waals surface area contributed by atoms with E-state index in [0.717, 1.165) is 16.9 Å². The van der Waals surface area contributed by atoms with Crippen LogP contribution in [0, 0.1) is 5.92 Å². The Morgan fingerprint density at radius 3 is 2.56 bits per heavy atom. The van der Waals surface area contributed by atoms with Gasteiger partial charge in [0.15, 0.2) is 11.5 Å². The molecule has 2 aromatic rings. The van der Waals surface area contributed by atoms with Gasteiger partial charge in [0.05, 0.1) is 13.0 Å². The largest absolute Gasteiger partial charge is 0.497 e. The third-order valence-electron chi connectivity index (χ3n) is 4.94. The van der Waals surface area contributed by atoms with Gasteiger partial charge in [-0.05, 0) is 35.4 Å². The lowest BCUT2D eigenvalue weighted by Crippen LogP contribution is -2.25. The molecule has 2 N–H and O–H groups in total. The van der Waals surface area contributed by atoms with E-state index in [1.54, 1.807) is 7.11 Å². The fourth-order valence-electron chi connectivity index (χ4n) is 3.66. The average molecular weight is 341 g/mol. The van der Waals surface area contributed by atoms with Gasteiger partial charge in [0.1, 0.15) is 5.75 Å². The summed E-state index contributed by atoms with van der Waals surface area (Å²) in [6, 6.07) is 12.9. The molecule has 6 nitrogen and oxygen atoms in total. The predicted octanol–water partition coefficient (Wildman–Crippen LogP) is 2.55. The quantitative estimate of drug-likeness (QED) is 0.890. The first-order valence-electron chi connectivity index (χ1n) is 8.17. The van der Waals surface area contributed by atoms with Gasteiger partial charge in [-0.15, -0.1) is 0 Å². The second-order valence-electron chi connectivity index (χ2n) is 6.24. The zero-order chi connectivity index (χ0) is 17.4. The summed E-state index contributed by atoms with van der Waals surface area (Å²) in [7, 11) is 1.61. The minimum absolute atomic E-state index is 0.140. The van der Waals surface area contributed by atoms with Crippen LogP contribution >= 0.6 is 0 Å². The van der Waals surface area contributed by atoms with Gasteiger partial charge >= 0.3 is 5.97 Å². The number of nitrogens with one attached hydrogen (secondary N) is 1. The molecule has 0 spiro atoms. The van der Waals surface area contributed by atoms with Gasteiger partial charge < -0.3 is 24.6 Å². The van der Waals surface area contributed by atoms with E-state index in [1.165, 1.54) is 0 Å². The van der Waals surface area contributed by atoms with E-state index in [9.17, 15) is 9.90 Å². The van der Waals surface area contributed by atoms with Gasteiger partial charge in [-0.1, -0.05) is 18.2 Å². The lowest BCUT2D eigenvalue weighted by atomic mass is 9.83. The molecule has 1 saturated heterocycles. The molecule has 6 heteroatoms. The molecule has 0 aromatic heterocycles. The maximum Gasteiger partial charge on any atom is 0.309 e. The molecular weight excluding hydrogens is 322 g/mol. The fourth-order valence-corrected chi connectivity index (χ4v) is 3.66. The molecule has 0 aliphatic carbocycles. The molecule has 130 valence electrons. The Hall–Kier alpha value is -2.73. The van der Waals surface area contributed by atoms with Crippen molar-refractivity contribution in [1.29, 1.82) is 0 Å². The Balaban J connectivity index is 1.64. The molecule has 2 heterocycles. The molecule has 2 aliphatic heterocycles. The summed E-state index contributed by atoms with van der Waals surface area (Å²) in [5, 5.41) is 13.2. The van der Waals surface area contributed by atoms with Crippen molar-refractivity contribution in [2.45, 2.75) is 12.0 Å². The molecule has 2 aromatic carbocycles. The predicted molar refractivity (Wildman–Crippen MR) is 90.2 cm³/mol. The Bertz CT molecular complexity index is 789. The molecule has 0 unspecified atom stereocenters. The van der Waals surface area contributed by atoms with E-state index in [0.29, 0.717) is 18.0 Å². The maximum absolute atomic E-state index is 12.0. The van der Waals surface area contributed by atoms with Gasteiger partial charge in [-0.25, -0.2) is 0 Å². The summed E-state index contributed by atoms with van der Waals surface area (Å²) in [6.45, 7) is 0.797. The van der Waals surface area contributed by atoms with Crippen LogP contribution in [-0.4, -0.2) is 31.5 Å². The van der Waals surface area contributed by atoms with Crippen LogP contribution in [0.5, 0.6) is 17.2 Å². The van der Waals surface area contributed by atoms with Crippen LogP contribution in [0.1, 0.15) is 23.1 Å². The molecule has 1 fully saturated rings. The number of hydrogen-bond acceptors (Lipinski definition) is 5. The van der Waals surface area contributed by atoms with E-state index in [-0.39, 0.29) is 18.8 Å². The Labute approximate surface area is 145 Å². The lowest BCUT2D eigenvalue weighted by molar-refractivity contribution is -0.142. The van der Waals surface area contributed by atoms with Crippen molar-refractivity contribution in [1.82, 2.24) is 5.32 Å². The van der Waals surface area contributed by atoms with Crippen molar-refractivity contribution in [3.63, 3.8) is 0 Å². The first kappa shape index (κ1) is 15.8. The van der Waals surface area contributed by atoms with E-state index < -0.39 is 11.9 Å². The van der Waals surface area contributed by atoms with Crippen molar-refractivity contribution in [2.75, 3.05) is 20.4 Å². The van der Waals surface area contributed by atoms with Crippen LogP contribution in [-0.2, 0) is 4.79 Å². The van der Waals surface area contributed by atoms with Crippen LogP contribution in [0.15, 0.2) is 42.5 Å². The highest BCUT2D eigenvalue weighted by molar-refractivity contribution is 5.73. The van der Waals surface area contributed by atoms with E-state index in [2.05, 4.69) is 5.32 Å². The Morgan fingerprint density at radius 1 is 1.12 bits per heavy atom. The van der Waals surface area contributed by atoms with Crippen LogP contribution in [0.2, 0.25) is 0 Å². The molecule has 0 bridgehead atoms. The number of ether oxygens (including phenoxy) is 3. The standard InChI is InChI=1S/C19H19NO5/c1-23-13-5-2-11(3-6-13)18-17(19(21)22)14(9-20-18)12-4-7-15-16(8-12)25-10-24-15/h2-8,14,17-18,20H,9-10H2,1H3,(H,21,22)/t14-,17+,18+/m0/s1. The second-order valence-corrected chi connectivity index (χ2v) is 6.24. The average Bonchev–Trinajstić information content (AvgIpc) is 3.27. The monoisotopic (exact) mass is 341 g/mol. The number of methoxy groups -OCH3 is 1. The van der Waals surface area contributed by atoms with Crippen LogP contribution in [0.25, 0.3) is 0 Å². The smallest absolute Gasteiger partial charge is 0.309 e. The lowest BCUT2D eigenvalue weighted by Gasteiger charge is -2.21. The highest BCUT2D eigenvalue weighted by Crippen LogP contribution is 2.43. The SMILES string of the molecule is COc1ccc([C@H]2NC[C@@H](c3ccc4c(c3)OCO4)[C@H]2C(=O)O)cc1. The highest BCUT2D eigenvalue weighted by Gasteiger charge is 2.42. The Kier molecular flexibility index (Phi) is 3.97.